The lowest BCUT2D eigenvalue weighted by Gasteiger charge is -2.41. The number of piperidine rings is 1. The first-order valence-electron chi connectivity index (χ1n) is 7.84. The summed E-state index contributed by atoms with van der Waals surface area (Å²) in [5.41, 5.74) is 0.168. The highest BCUT2D eigenvalue weighted by molar-refractivity contribution is 7.09. The van der Waals surface area contributed by atoms with E-state index in [2.05, 4.69) is 51.9 Å². The van der Waals surface area contributed by atoms with E-state index in [0.717, 1.165) is 19.0 Å². The lowest BCUT2D eigenvalue weighted by atomic mass is 9.98. The lowest BCUT2D eigenvalue weighted by Crippen LogP contribution is -2.54. The van der Waals surface area contributed by atoms with E-state index in [0.29, 0.717) is 0 Å². The summed E-state index contributed by atoms with van der Waals surface area (Å²) in [6.07, 6.45) is 4.04. The zero-order chi connectivity index (χ0) is 15.1. The summed E-state index contributed by atoms with van der Waals surface area (Å²) in [5.74, 6) is 0.883. The molecule has 118 valence electrons. The molecule has 0 bridgehead atoms. The smallest absolute Gasteiger partial charge is 0.191 e. The van der Waals surface area contributed by atoms with Crippen LogP contribution >= 0.6 is 11.3 Å². The molecule has 2 heterocycles. The molecular formula is C16H28N4S. The van der Waals surface area contributed by atoms with Gasteiger partial charge in [0.25, 0.3) is 0 Å². The molecule has 1 aromatic rings. The van der Waals surface area contributed by atoms with Gasteiger partial charge in [-0.25, -0.2) is 0 Å². The second-order valence-electron chi connectivity index (χ2n) is 6.22. The minimum Gasteiger partial charge on any atom is -0.355 e. The van der Waals surface area contributed by atoms with Crippen LogP contribution in [0.3, 0.4) is 0 Å². The third-order valence-electron chi connectivity index (χ3n) is 4.13. The first-order chi connectivity index (χ1) is 10.1. The Morgan fingerprint density at radius 2 is 2.05 bits per heavy atom. The molecule has 1 fully saturated rings. The maximum absolute atomic E-state index is 4.32. The molecule has 1 aromatic heterocycles. The summed E-state index contributed by atoms with van der Waals surface area (Å²) >= 11 is 1.77. The van der Waals surface area contributed by atoms with Gasteiger partial charge in [-0.1, -0.05) is 12.5 Å². The third-order valence-corrected chi connectivity index (χ3v) is 5.01. The zero-order valence-electron chi connectivity index (χ0n) is 13.5. The fraction of sp³-hybridized carbons (Fsp3) is 0.688. The molecule has 0 aromatic carbocycles. The van der Waals surface area contributed by atoms with Gasteiger partial charge < -0.3 is 10.6 Å². The summed E-state index contributed by atoms with van der Waals surface area (Å²) in [6, 6.07) is 4.22. The number of aliphatic imine (C=N–C) groups is 1. The van der Waals surface area contributed by atoms with Crippen molar-refractivity contribution in [2.75, 3.05) is 26.7 Å². The fourth-order valence-corrected chi connectivity index (χ4v) is 3.36. The Kier molecular flexibility index (Phi) is 6.06. The van der Waals surface area contributed by atoms with Crippen molar-refractivity contribution in [3.05, 3.63) is 22.4 Å². The van der Waals surface area contributed by atoms with Crippen LogP contribution in [0, 0.1) is 0 Å². The van der Waals surface area contributed by atoms with Gasteiger partial charge in [0, 0.05) is 24.0 Å². The third kappa shape index (κ3) is 5.00. The van der Waals surface area contributed by atoms with E-state index in [-0.39, 0.29) is 5.54 Å². The molecule has 0 aliphatic carbocycles. The number of rotatable bonds is 5. The summed E-state index contributed by atoms with van der Waals surface area (Å²) in [7, 11) is 1.83. The molecule has 0 saturated carbocycles. The molecule has 0 amide bonds. The lowest BCUT2D eigenvalue weighted by molar-refractivity contribution is 0.0982. The van der Waals surface area contributed by atoms with Crippen molar-refractivity contribution >= 4 is 17.3 Å². The summed E-state index contributed by atoms with van der Waals surface area (Å²) in [4.78, 5) is 8.24. The van der Waals surface area contributed by atoms with Crippen LogP contribution in [0.5, 0.6) is 0 Å². The number of nitrogens with one attached hydrogen (secondary N) is 2. The quantitative estimate of drug-likeness (QED) is 0.649. The number of hydrogen-bond acceptors (Lipinski definition) is 3. The molecule has 2 rings (SSSR count). The normalized spacial score (nSPS) is 17.8. The van der Waals surface area contributed by atoms with Crippen LogP contribution in [0.15, 0.2) is 22.5 Å². The molecule has 0 atom stereocenters. The topological polar surface area (TPSA) is 39.7 Å². The van der Waals surface area contributed by atoms with Crippen molar-refractivity contribution in [2.45, 2.75) is 45.2 Å². The molecule has 4 nitrogen and oxygen atoms in total. The maximum atomic E-state index is 4.32. The van der Waals surface area contributed by atoms with Crippen LogP contribution in [0.4, 0.5) is 0 Å². The molecule has 0 spiro atoms. The number of hydrogen-bond donors (Lipinski definition) is 2. The van der Waals surface area contributed by atoms with E-state index in [4.69, 9.17) is 0 Å². The van der Waals surface area contributed by atoms with Gasteiger partial charge in [0.15, 0.2) is 5.96 Å². The van der Waals surface area contributed by atoms with Crippen molar-refractivity contribution in [1.29, 1.82) is 0 Å². The second kappa shape index (κ2) is 7.80. The molecule has 21 heavy (non-hydrogen) atoms. The van der Waals surface area contributed by atoms with E-state index in [1.807, 2.05) is 7.05 Å². The van der Waals surface area contributed by atoms with E-state index >= 15 is 0 Å². The van der Waals surface area contributed by atoms with Gasteiger partial charge in [-0.3, -0.25) is 9.89 Å². The van der Waals surface area contributed by atoms with Gasteiger partial charge in [-0.2, -0.15) is 0 Å². The van der Waals surface area contributed by atoms with E-state index in [9.17, 15) is 0 Å². The second-order valence-corrected chi connectivity index (χ2v) is 7.25. The molecule has 0 unspecified atom stereocenters. The zero-order valence-corrected chi connectivity index (χ0v) is 14.3. The van der Waals surface area contributed by atoms with Crippen molar-refractivity contribution in [2.24, 2.45) is 4.99 Å². The van der Waals surface area contributed by atoms with Crippen molar-refractivity contribution in [3.8, 4) is 0 Å². The Morgan fingerprint density at radius 3 is 2.67 bits per heavy atom. The SMILES string of the molecule is CN=C(NCc1cccs1)NCC(C)(C)N1CCCCC1. The van der Waals surface area contributed by atoms with Gasteiger partial charge in [0.2, 0.25) is 0 Å². The Morgan fingerprint density at radius 1 is 1.29 bits per heavy atom. The van der Waals surface area contributed by atoms with Crippen LogP contribution in [0.1, 0.15) is 38.0 Å². The monoisotopic (exact) mass is 308 g/mol. The summed E-state index contributed by atoms with van der Waals surface area (Å²) < 4.78 is 0. The fourth-order valence-electron chi connectivity index (χ4n) is 2.72. The van der Waals surface area contributed by atoms with Gasteiger partial charge in [-0.05, 0) is 51.2 Å². The highest BCUT2D eigenvalue weighted by atomic mass is 32.1. The largest absolute Gasteiger partial charge is 0.355 e. The number of thiophene rings is 1. The average molecular weight is 308 g/mol. The van der Waals surface area contributed by atoms with Gasteiger partial charge in [0.05, 0.1) is 6.54 Å². The predicted octanol–water partition coefficient (Wildman–Crippen LogP) is 2.68. The van der Waals surface area contributed by atoms with Crippen LogP contribution in [-0.2, 0) is 6.54 Å². The number of nitrogens with zero attached hydrogens (tertiary/aromatic N) is 2. The first-order valence-corrected chi connectivity index (χ1v) is 8.72. The van der Waals surface area contributed by atoms with Crippen LogP contribution in [0.2, 0.25) is 0 Å². The standard InChI is InChI=1S/C16H28N4S/c1-16(2,20-9-5-4-6-10-20)13-19-15(17-3)18-12-14-8-7-11-21-14/h7-8,11H,4-6,9-10,12-13H2,1-3H3,(H2,17,18,19). The van der Waals surface area contributed by atoms with Gasteiger partial charge in [0.1, 0.15) is 0 Å². The molecular weight excluding hydrogens is 280 g/mol. The Labute approximate surface area is 132 Å². The van der Waals surface area contributed by atoms with Crippen LogP contribution in [0.25, 0.3) is 0 Å². The van der Waals surface area contributed by atoms with Crippen molar-refractivity contribution < 1.29 is 0 Å². The highest BCUT2D eigenvalue weighted by Gasteiger charge is 2.27. The molecule has 2 N–H and O–H groups in total. The summed E-state index contributed by atoms with van der Waals surface area (Å²) in [6.45, 7) is 8.82. The van der Waals surface area contributed by atoms with Crippen molar-refractivity contribution in [1.82, 2.24) is 15.5 Å². The number of guanidine groups is 1. The van der Waals surface area contributed by atoms with E-state index in [1.165, 1.54) is 37.2 Å². The van der Waals surface area contributed by atoms with Crippen molar-refractivity contribution in [3.63, 3.8) is 0 Å². The maximum Gasteiger partial charge on any atom is 0.191 e. The Balaban J connectivity index is 1.78. The minimum atomic E-state index is 0.168. The average Bonchev–Trinajstić information content (AvgIpc) is 3.02. The Hall–Kier alpha value is -1.07. The Bertz CT molecular complexity index is 433. The molecule has 1 aliphatic heterocycles. The first kappa shape index (κ1) is 16.3. The van der Waals surface area contributed by atoms with Gasteiger partial charge >= 0.3 is 0 Å². The highest BCUT2D eigenvalue weighted by Crippen LogP contribution is 2.19. The molecule has 0 radical (unpaired) electrons. The number of likely N-dealkylation sites (tertiary alicyclic amines) is 1. The molecule has 5 heteroatoms. The predicted molar refractivity (Wildman–Crippen MR) is 92.0 cm³/mol. The summed E-state index contributed by atoms with van der Waals surface area (Å²) in [5, 5.41) is 8.95. The molecule has 1 aliphatic rings. The van der Waals surface area contributed by atoms with E-state index in [1.54, 1.807) is 11.3 Å². The van der Waals surface area contributed by atoms with Crippen LogP contribution in [-0.4, -0.2) is 43.1 Å². The van der Waals surface area contributed by atoms with Crippen LogP contribution < -0.4 is 10.6 Å². The molecule has 1 saturated heterocycles. The van der Waals surface area contributed by atoms with E-state index < -0.39 is 0 Å². The minimum absolute atomic E-state index is 0.168. The van der Waals surface area contributed by atoms with Gasteiger partial charge in [-0.15, -0.1) is 11.3 Å².